The zero-order valence-electron chi connectivity index (χ0n) is 13.4. The minimum atomic E-state index is -0.679. The van der Waals surface area contributed by atoms with Gasteiger partial charge in [0, 0.05) is 11.8 Å². The Morgan fingerprint density at radius 3 is 2.40 bits per heavy atom. The molecule has 3 rings (SSSR count). The second-order valence-corrected chi connectivity index (χ2v) is 5.87. The maximum absolute atomic E-state index is 13.4. The maximum Gasteiger partial charge on any atom is 0.174 e. The fourth-order valence-corrected chi connectivity index (χ4v) is 2.80. The summed E-state index contributed by atoms with van der Waals surface area (Å²) in [4.78, 5) is 1.82. The SMILES string of the molecule is C[C@@H](c1ccco1)N(Cc1ccco1)C(=S)Nc1cc(F)cc(F)c1. The van der Waals surface area contributed by atoms with E-state index in [1.165, 1.54) is 12.1 Å². The van der Waals surface area contributed by atoms with E-state index < -0.39 is 11.6 Å². The van der Waals surface area contributed by atoms with Crippen LogP contribution in [0.15, 0.2) is 63.8 Å². The molecule has 1 aromatic carbocycles. The zero-order chi connectivity index (χ0) is 17.8. The normalized spacial score (nSPS) is 12.0. The Labute approximate surface area is 149 Å². The van der Waals surface area contributed by atoms with E-state index in [0.29, 0.717) is 23.2 Å². The first-order chi connectivity index (χ1) is 12.0. The molecule has 0 fully saturated rings. The van der Waals surface area contributed by atoms with Crippen LogP contribution in [0.5, 0.6) is 0 Å². The lowest BCUT2D eigenvalue weighted by Gasteiger charge is -2.30. The van der Waals surface area contributed by atoms with Crippen molar-refractivity contribution in [2.24, 2.45) is 0 Å². The average Bonchev–Trinajstić information content (AvgIpc) is 3.24. The number of hydrogen-bond donors (Lipinski definition) is 1. The molecular weight excluding hydrogens is 346 g/mol. The van der Waals surface area contributed by atoms with Crippen molar-refractivity contribution in [3.05, 3.63) is 78.1 Å². The third kappa shape index (κ3) is 4.24. The Morgan fingerprint density at radius 2 is 1.80 bits per heavy atom. The van der Waals surface area contributed by atoms with Crippen LogP contribution in [-0.4, -0.2) is 10.0 Å². The van der Waals surface area contributed by atoms with Crippen molar-refractivity contribution < 1.29 is 17.6 Å². The summed E-state index contributed by atoms with van der Waals surface area (Å²) in [5.41, 5.74) is 0.235. The predicted molar refractivity (Wildman–Crippen MR) is 94.0 cm³/mol. The van der Waals surface area contributed by atoms with Gasteiger partial charge in [0.2, 0.25) is 0 Å². The van der Waals surface area contributed by atoms with Crippen molar-refractivity contribution in [3.63, 3.8) is 0 Å². The molecule has 3 aromatic rings. The van der Waals surface area contributed by atoms with Gasteiger partial charge in [-0.2, -0.15) is 0 Å². The van der Waals surface area contributed by atoms with E-state index in [1.807, 2.05) is 24.0 Å². The van der Waals surface area contributed by atoms with Crippen LogP contribution in [0.4, 0.5) is 14.5 Å². The van der Waals surface area contributed by atoms with Gasteiger partial charge in [-0.15, -0.1) is 0 Å². The number of anilines is 1. The largest absolute Gasteiger partial charge is 0.467 e. The van der Waals surface area contributed by atoms with Gasteiger partial charge in [0.1, 0.15) is 23.2 Å². The Hall–Kier alpha value is -2.67. The molecule has 0 radical (unpaired) electrons. The van der Waals surface area contributed by atoms with Gasteiger partial charge in [-0.25, -0.2) is 8.78 Å². The molecule has 25 heavy (non-hydrogen) atoms. The van der Waals surface area contributed by atoms with Crippen molar-refractivity contribution in [2.45, 2.75) is 19.5 Å². The van der Waals surface area contributed by atoms with Crippen molar-refractivity contribution in [1.82, 2.24) is 4.90 Å². The van der Waals surface area contributed by atoms with E-state index in [1.54, 1.807) is 24.7 Å². The molecule has 0 aliphatic carbocycles. The quantitative estimate of drug-likeness (QED) is 0.639. The van der Waals surface area contributed by atoms with Crippen LogP contribution in [0.2, 0.25) is 0 Å². The Morgan fingerprint density at radius 1 is 1.12 bits per heavy atom. The number of halogens is 2. The third-order valence-corrected chi connectivity index (χ3v) is 4.04. The highest BCUT2D eigenvalue weighted by Crippen LogP contribution is 2.25. The van der Waals surface area contributed by atoms with Gasteiger partial charge in [-0.1, -0.05) is 0 Å². The number of hydrogen-bond acceptors (Lipinski definition) is 3. The molecule has 0 unspecified atom stereocenters. The molecule has 0 saturated heterocycles. The number of nitrogens with zero attached hydrogens (tertiary/aromatic N) is 1. The molecule has 0 saturated carbocycles. The molecule has 1 N–H and O–H groups in total. The smallest absolute Gasteiger partial charge is 0.174 e. The fourth-order valence-electron chi connectivity index (χ4n) is 2.46. The molecule has 0 aliphatic heterocycles. The minimum absolute atomic E-state index is 0.210. The van der Waals surface area contributed by atoms with E-state index in [-0.39, 0.29) is 11.7 Å². The highest BCUT2D eigenvalue weighted by Gasteiger charge is 2.22. The van der Waals surface area contributed by atoms with Crippen molar-refractivity contribution >= 4 is 23.0 Å². The monoisotopic (exact) mass is 362 g/mol. The summed E-state index contributed by atoms with van der Waals surface area (Å²) in [6, 6.07) is 10.2. The molecule has 130 valence electrons. The lowest BCUT2D eigenvalue weighted by atomic mass is 10.2. The topological polar surface area (TPSA) is 41.6 Å². The second kappa shape index (κ2) is 7.48. The van der Waals surface area contributed by atoms with Gasteiger partial charge in [0.15, 0.2) is 5.11 Å². The van der Waals surface area contributed by atoms with Crippen LogP contribution in [0.3, 0.4) is 0 Å². The second-order valence-electron chi connectivity index (χ2n) is 5.49. The van der Waals surface area contributed by atoms with Crippen molar-refractivity contribution in [1.29, 1.82) is 0 Å². The minimum Gasteiger partial charge on any atom is -0.467 e. The van der Waals surface area contributed by atoms with Crippen LogP contribution in [0.25, 0.3) is 0 Å². The summed E-state index contributed by atoms with van der Waals surface area (Å²) in [6.07, 6.45) is 3.15. The lowest BCUT2D eigenvalue weighted by molar-refractivity contribution is 0.269. The summed E-state index contributed by atoms with van der Waals surface area (Å²) in [7, 11) is 0. The van der Waals surface area contributed by atoms with E-state index in [0.717, 1.165) is 6.07 Å². The maximum atomic E-state index is 13.4. The summed E-state index contributed by atoms with van der Waals surface area (Å²) in [6.45, 7) is 2.29. The standard InChI is InChI=1S/C18H16F2N2O2S/c1-12(17-5-3-7-24-17)22(11-16-4-2-6-23-16)18(25)21-15-9-13(19)8-14(20)10-15/h2-10,12H,11H2,1H3,(H,21,25)/t12-/m0/s1. The summed E-state index contributed by atoms with van der Waals surface area (Å²) in [5.74, 6) is 0.0537. The Bertz CT molecular complexity index is 815. The van der Waals surface area contributed by atoms with Crippen molar-refractivity contribution in [2.75, 3.05) is 5.32 Å². The first-order valence-corrected chi connectivity index (χ1v) is 8.03. The van der Waals surface area contributed by atoms with Gasteiger partial charge in [0.05, 0.1) is 25.1 Å². The molecule has 0 bridgehead atoms. The Balaban J connectivity index is 1.83. The molecule has 4 nitrogen and oxygen atoms in total. The van der Waals surface area contributed by atoms with Crippen LogP contribution in [-0.2, 0) is 6.54 Å². The highest BCUT2D eigenvalue weighted by molar-refractivity contribution is 7.80. The van der Waals surface area contributed by atoms with Crippen LogP contribution < -0.4 is 5.32 Å². The van der Waals surface area contributed by atoms with Gasteiger partial charge in [0.25, 0.3) is 0 Å². The molecule has 0 aliphatic rings. The third-order valence-electron chi connectivity index (χ3n) is 3.70. The first-order valence-electron chi connectivity index (χ1n) is 7.62. The van der Waals surface area contributed by atoms with Crippen LogP contribution in [0.1, 0.15) is 24.5 Å². The zero-order valence-corrected chi connectivity index (χ0v) is 14.2. The average molecular weight is 362 g/mol. The number of benzene rings is 1. The molecule has 2 heterocycles. The predicted octanol–water partition coefficient (Wildman–Crippen LogP) is 5.11. The van der Waals surface area contributed by atoms with E-state index in [2.05, 4.69) is 5.32 Å². The highest BCUT2D eigenvalue weighted by atomic mass is 32.1. The number of furan rings is 2. The van der Waals surface area contributed by atoms with Gasteiger partial charge in [-0.3, -0.25) is 0 Å². The fraction of sp³-hybridized carbons (Fsp3) is 0.167. The number of rotatable bonds is 5. The van der Waals surface area contributed by atoms with Gasteiger partial charge < -0.3 is 19.1 Å². The molecule has 0 spiro atoms. The first kappa shape index (κ1) is 17.2. The molecule has 1 atom stereocenters. The molecule has 2 aromatic heterocycles. The van der Waals surface area contributed by atoms with Gasteiger partial charge >= 0.3 is 0 Å². The summed E-state index contributed by atoms with van der Waals surface area (Å²) in [5, 5.41) is 3.17. The molecular formula is C18H16F2N2O2S. The molecule has 0 amide bonds. The summed E-state index contributed by atoms with van der Waals surface area (Å²) < 4.78 is 37.6. The van der Waals surface area contributed by atoms with E-state index in [9.17, 15) is 8.78 Å². The van der Waals surface area contributed by atoms with Crippen LogP contribution >= 0.6 is 12.2 Å². The lowest BCUT2D eigenvalue weighted by Crippen LogP contribution is -2.36. The van der Waals surface area contributed by atoms with E-state index in [4.69, 9.17) is 21.1 Å². The number of thiocarbonyl (C=S) groups is 1. The van der Waals surface area contributed by atoms with Gasteiger partial charge in [-0.05, 0) is 55.5 Å². The number of nitrogens with one attached hydrogen (secondary N) is 1. The van der Waals surface area contributed by atoms with E-state index >= 15 is 0 Å². The van der Waals surface area contributed by atoms with Crippen molar-refractivity contribution in [3.8, 4) is 0 Å². The van der Waals surface area contributed by atoms with Crippen LogP contribution in [0, 0.1) is 11.6 Å². The summed E-state index contributed by atoms with van der Waals surface area (Å²) >= 11 is 5.45. The molecule has 7 heteroatoms. The Kier molecular flexibility index (Phi) is 5.14.